The van der Waals surface area contributed by atoms with Crippen LogP contribution in [0.5, 0.6) is 5.75 Å². The number of hydrogen-bond donors (Lipinski definition) is 1. The number of ether oxygens (including phenoxy) is 1. The van der Waals surface area contributed by atoms with Crippen molar-refractivity contribution in [3.63, 3.8) is 0 Å². The minimum atomic E-state index is -0.297. The van der Waals surface area contributed by atoms with Crippen LogP contribution in [-0.2, 0) is 0 Å². The van der Waals surface area contributed by atoms with Gasteiger partial charge in [-0.3, -0.25) is 0 Å². The predicted molar refractivity (Wildman–Crippen MR) is 50.1 cm³/mol. The molecule has 2 atom stereocenters. The third-order valence-corrected chi connectivity index (χ3v) is 1.86. The summed E-state index contributed by atoms with van der Waals surface area (Å²) in [6, 6.07) is 5.98. The van der Waals surface area contributed by atoms with Gasteiger partial charge in [-0.15, -0.1) is 0 Å². The van der Waals surface area contributed by atoms with Crippen molar-refractivity contribution in [1.29, 1.82) is 0 Å². The zero-order chi connectivity index (χ0) is 9.84. The zero-order valence-electron chi connectivity index (χ0n) is 7.83. The third-order valence-electron chi connectivity index (χ3n) is 1.86. The molecule has 2 nitrogen and oxygen atoms in total. The molecular formula is C10H14FNO. The van der Waals surface area contributed by atoms with E-state index in [4.69, 9.17) is 10.5 Å². The molecule has 0 heterocycles. The SMILES string of the molecule is CC(Oc1cccc(F)c1)[C@@H](C)N. The van der Waals surface area contributed by atoms with E-state index in [9.17, 15) is 4.39 Å². The molecule has 0 amide bonds. The second kappa shape index (κ2) is 4.23. The van der Waals surface area contributed by atoms with Crippen molar-refractivity contribution < 1.29 is 9.13 Å². The van der Waals surface area contributed by atoms with Crippen molar-refractivity contribution in [2.75, 3.05) is 0 Å². The first-order chi connectivity index (χ1) is 6.09. The van der Waals surface area contributed by atoms with Crippen molar-refractivity contribution in [2.45, 2.75) is 26.0 Å². The molecule has 0 saturated carbocycles. The van der Waals surface area contributed by atoms with E-state index in [0.29, 0.717) is 5.75 Å². The summed E-state index contributed by atoms with van der Waals surface area (Å²) in [7, 11) is 0. The smallest absolute Gasteiger partial charge is 0.126 e. The molecule has 0 spiro atoms. The highest BCUT2D eigenvalue weighted by Gasteiger charge is 2.08. The molecule has 0 radical (unpaired) electrons. The fourth-order valence-corrected chi connectivity index (χ4v) is 0.862. The summed E-state index contributed by atoms with van der Waals surface area (Å²) in [5.41, 5.74) is 5.60. The van der Waals surface area contributed by atoms with Gasteiger partial charge in [0.05, 0.1) is 0 Å². The van der Waals surface area contributed by atoms with Crippen LogP contribution in [0.4, 0.5) is 4.39 Å². The highest BCUT2D eigenvalue weighted by molar-refractivity contribution is 5.22. The molecule has 0 aliphatic rings. The molecule has 0 bridgehead atoms. The Morgan fingerprint density at radius 1 is 1.38 bits per heavy atom. The van der Waals surface area contributed by atoms with Crippen molar-refractivity contribution in [1.82, 2.24) is 0 Å². The second-order valence-electron chi connectivity index (χ2n) is 3.14. The number of halogens is 1. The van der Waals surface area contributed by atoms with Crippen molar-refractivity contribution in [2.24, 2.45) is 5.73 Å². The number of hydrogen-bond acceptors (Lipinski definition) is 2. The van der Waals surface area contributed by atoms with Gasteiger partial charge in [-0.05, 0) is 26.0 Å². The topological polar surface area (TPSA) is 35.2 Å². The third kappa shape index (κ3) is 3.03. The van der Waals surface area contributed by atoms with Crippen LogP contribution in [0.25, 0.3) is 0 Å². The van der Waals surface area contributed by atoms with Gasteiger partial charge >= 0.3 is 0 Å². The minimum absolute atomic E-state index is 0.0664. The summed E-state index contributed by atoms with van der Waals surface area (Å²) in [5, 5.41) is 0. The molecule has 1 aromatic rings. The number of benzene rings is 1. The fourth-order valence-electron chi connectivity index (χ4n) is 0.862. The monoisotopic (exact) mass is 183 g/mol. The standard InChI is InChI=1S/C10H14FNO/c1-7(12)8(2)13-10-5-3-4-9(11)6-10/h3-8H,12H2,1-2H3/t7-,8?/m1/s1. The van der Waals surface area contributed by atoms with E-state index in [-0.39, 0.29) is 18.0 Å². The first kappa shape index (κ1) is 9.99. The number of rotatable bonds is 3. The maximum absolute atomic E-state index is 12.7. The van der Waals surface area contributed by atoms with Gasteiger partial charge in [-0.2, -0.15) is 0 Å². The lowest BCUT2D eigenvalue weighted by Gasteiger charge is -2.17. The molecule has 1 unspecified atom stereocenters. The average molecular weight is 183 g/mol. The minimum Gasteiger partial charge on any atom is -0.489 e. The molecule has 0 fully saturated rings. The van der Waals surface area contributed by atoms with E-state index < -0.39 is 0 Å². The molecule has 0 aliphatic carbocycles. The van der Waals surface area contributed by atoms with E-state index in [1.807, 2.05) is 13.8 Å². The Bertz CT molecular complexity index is 275. The van der Waals surface area contributed by atoms with E-state index in [1.165, 1.54) is 12.1 Å². The van der Waals surface area contributed by atoms with E-state index in [0.717, 1.165) is 0 Å². The first-order valence-corrected chi connectivity index (χ1v) is 4.27. The van der Waals surface area contributed by atoms with Crippen LogP contribution in [0.1, 0.15) is 13.8 Å². The summed E-state index contributed by atoms with van der Waals surface area (Å²) in [4.78, 5) is 0. The Morgan fingerprint density at radius 2 is 2.08 bits per heavy atom. The second-order valence-corrected chi connectivity index (χ2v) is 3.14. The summed E-state index contributed by atoms with van der Waals surface area (Å²) in [6.45, 7) is 3.71. The predicted octanol–water partition coefficient (Wildman–Crippen LogP) is 1.94. The maximum atomic E-state index is 12.7. The molecule has 13 heavy (non-hydrogen) atoms. The molecule has 0 saturated heterocycles. The van der Waals surface area contributed by atoms with Gasteiger partial charge in [0.25, 0.3) is 0 Å². The van der Waals surface area contributed by atoms with Crippen LogP contribution in [0, 0.1) is 5.82 Å². The Hall–Kier alpha value is -1.09. The van der Waals surface area contributed by atoms with Crippen molar-refractivity contribution >= 4 is 0 Å². The lowest BCUT2D eigenvalue weighted by molar-refractivity contribution is 0.196. The summed E-state index contributed by atoms with van der Waals surface area (Å²) < 4.78 is 18.1. The Kier molecular flexibility index (Phi) is 3.25. The molecule has 1 rings (SSSR count). The van der Waals surface area contributed by atoms with Gasteiger partial charge in [0, 0.05) is 12.1 Å². The van der Waals surface area contributed by atoms with E-state index >= 15 is 0 Å². The summed E-state index contributed by atoms with van der Waals surface area (Å²) >= 11 is 0. The Balaban J connectivity index is 2.64. The van der Waals surface area contributed by atoms with Crippen molar-refractivity contribution in [3.05, 3.63) is 30.1 Å². The quantitative estimate of drug-likeness (QED) is 0.777. The molecular weight excluding hydrogens is 169 g/mol. The normalized spacial score (nSPS) is 15.1. The lowest BCUT2D eigenvalue weighted by Crippen LogP contribution is -2.33. The number of nitrogens with two attached hydrogens (primary N) is 1. The molecule has 72 valence electrons. The van der Waals surface area contributed by atoms with Gasteiger partial charge in [0.1, 0.15) is 17.7 Å². The van der Waals surface area contributed by atoms with Crippen LogP contribution < -0.4 is 10.5 Å². The van der Waals surface area contributed by atoms with Crippen molar-refractivity contribution in [3.8, 4) is 5.75 Å². The lowest BCUT2D eigenvalue weighted by atomic mass is 10.2. The van der Waals surface area contributed by atoms with E-state index in [2.05, 4.69) is 0 Å². The Morgan fingerprint density at radius 3 is 2.62 bits per heavy atom. The zero-order valence-corrected chi connectivity index (χ0v) is 7.83. The Labute approximate surface area is 77.5 Å². The van der Waals surface area contributed by atoms with Gasteiger partial charge in [0.15, 0.2) is 0 Å². The maximum Gasteiger partial charge on any atom is 0.126 e. The van der Waals surface area contributed by atoms with Crippen LogP contribution in [0.3, 0.4) is 0 Å². The molecule has 1 aromatic carbocycles. The summed E-state index contributed by atoms with van der Waals surface area (Å²) in [5.74, 6) is 0.221. The molecule has 0 aromatic heterocycles. The van der Waals surface area contributed by atoms with Crippen LogP contribution >= 0.6 is 0 Å². The molecule has 0 aliphatic heterocycles. The largest absolute Gasteiger partial charge is 0.489 e. The van der Waals surface area contributed by atoms with Gasteiger partial charge in [-0.1, -0.05) is 6.07 Å². The van der Waals surface area contributed by atoms with Crippen LogP contribution in [0.15, 0.2) is 24.3 Å². The summed E-state index contributed by atoms with van der Waals surface area (Å²) in [6.07, 6.45) is -0.109. The average Bonchev–Trinajstić information content (AvgIpc) is 2.04. The van der Waals surface area contributed by atoms with Gasteiger partial charge in [-0.25, -0.2) is 4.39 Å². The van der Waals surface area contributed by atoms with Crippen LogP contribution in [-0.4, -0.2) is 12.1 Å². The van der Waals surface area contributed by atoms with Gasteiger partial charge in [0.2, 0.25) is 0 Å². The van der Waals surface area contributed by atoms with E-state index in [1.54, 1.807) is 12.1 Å². The van der Waals surface area contributed by atoms with Gasteiger partial charge < -0.3 is 10.5 Å². The fraction of sp³-hybridized carbons (Fsp3) is 0.400. The first-order valence-electron chi connectivity index (χ1n) is 4.27. The van der Waals surface area contributed by atoms with Crippen LogP contribution in [0.2, 0.25) is 0 Å². The highest BCUT2D eigenvalue weighted by atomic mass is 19.1. The highest BCUT2D eigenvalue weighted by Crippen LogP contribution is 2.14. The molecule has 2 N–H and O–H groups in total. The molecule has 3 heteroatoms.